The molecular weight excluding hydrogens is 373 g/mol. The number of benzene rings is 2. The molecule has 0 spiro atoms. The van der Waals surface area contributed by atoms with E-state index in [-0.39, 0.29) is 18.0 Å². The number of nitrogens with zero attached hydrogens (tertiary/aromatic N) is 3. The van der Waals surface area contributed by atoms with E-state index in [1.807, 2.05) is 30.5 Å². The zero-order valence-corrected chi connectivity index (χ0v) is 15.6. The number of aromatic amines is 1. The minimum Gasteiger partial charge on any atom is -0.497 e. The number of nitrogens with one attached hydrogen (secondary N) is 2. The third-order valence-corrected chi connectivity index (χ3v) is 4.43. The Hall–Kier alpha value is -3.94. The normalized spacial score (nSPS) is 10.7. The summed E-state index contributed by atoms with van der Waals surface area (Å²) in [7, 11) is 1.61. The summed E-state index contributed by atoms with van der Waals surface area (Å²) >= 11 is 0. The van der Waals surface area contributed by atoms with Gasteiger partial charge in [0.2, 0.25) is 0 Å². The summed E-state index contributed by atoms with van der Waals surface area (Å²) in [5, 5.41) is 13.7. The zero-order valence-electron chi connectivity index (χ0n) is 15.6. The van der Waals surface area contributed by atoms with E-state index in [4.69, 9.17) is 4.74 Å². The predicted molar refractivity (Wildman–Crippen MR) is 105 cm³/mol. The number of rotatable bonds is 6. The lowest BCUT2D eigenvalue weighted by Crippen LogP contribution is -2.22. The molecule has 2 heterocycles. The number of carbonyl (C=O) groups is 1. The molecule has 0 aliphatic rings. The Labute approximate surface area is 166 Å². The molecule has 4 rings (SSSR count). The van der Waals surface area contributed by atoms with Crippen molar-refractivity contribution >= 4 is 5.91 Å². The Balaban J connectivity index is 1.47. The predicted octanol–water partition coefficient (Wildman–Crippen LogP) is 3.34. The van der Waals surface area contributed by atoms with Crippen molar-refractivity contribution in [3.05, 3.63) is 84.1 Å². The van der Waals surface area contributed by atoms with Crippen molar-refractivity contribution in [1.29, 1.82) is 0 Å². The average molecular weight is 391 g/mol. The van der Waals surface area contributed by atoms with E-state index < -0.39 is 5.82 Å². The summed E-state index contributed by atoms with van der Waals surface area (Å²) in [6, 6.07) is 13.7. The first-order chi connectivity index (χ1) is 14.2. The van der Waals surface area contributed by atoms with Gasteiger partial charge in [0.1, 0.15) is 11.6 Å². The van der Waals surface area contributed by atoms with Gasteiger partial charge in [-0.15, -0.1) is 0 Å². The van der Waals surface area contributed by atoms with E-state index in [1.54, 1.807) is 36.2 Å². The molecule has 0 aliphatic heterocycles. The second-order valence-corrected chi connectivity index (χ2v) is 6.32. The van der Waals surface area contributed by atoms with Crippen molar-refractivity contribution in [1.82, 2.24) is 25.3 Å². The Kier molecular flexibility index (Phi) is 5.07. The van der Waals surface area contributed by atoms with Crippen molar-refractivity contribution < 1.29 is 13.9 Å². The molecule has 0 saturated carbocycles. The van der Waals surface area contributed by atoms with Crippen molar-refractivity contribution in [2.24, 2.45) is 0 Å². The van der Waals surface area contributed by atoms with Gasteiger partial charge >= 0.3 is 0 Å². The molecule has 7 nitrogen and oxygen atoms in total. The van der Waals surface area contributed by atoms with Crippen molar-refractivity contribution in [3.8, 4) is 22.7 Å². The fourth-order valence-electron chi connectivity index (χ4n) is 2.95. The Bertz CT molecular complexity index is 1150. The van der Waals surface area contributed by atoms with Gasteiger partial charge in [0, 0.05) is 29.9 Å². The van der Waals surface area contributed by atoms with Crippen LogP contribution < -0.4 is 10.1 Å². The third-order valence-electron chi connectivity index (χ3n) is 4.43. The number of ether oxygens (including phenoxy) is 1. The lowest BCUT2D eigenvalue weighted by molar-refractivity contribution is 0.0951. The molecule has 2 aromatic heterocycles. The van der Waals surface area contributed by atoms with Gasteiger partial charge in [-0.3, -0.25) is 9.89 Å². The Morgan fingerprint density at radius 1 is 1.21 bits per heavy atom. The SMILES string of the molecule is COc1cccc(-n2cc(CNC(=O)c3cn[nH]c3-c3ccccc3F)cn2)c1. The van der Waals surface area contributed by atoms with Crippen LogP contribution in [0.4, 0.5) is 4.39 Å². The second kappa shape index (κ2) is 7.97. The number of aromatic nitrogens is 4. The fraction of sp³-hybridized carbons (Fsp3) is 0.0952. The topological polar surface area (TPSA) is 84.8 Å². The van der Waals surface area contributed by atoms with E-state index in [0.29, 0.717) is 11.3 Å². The van der Waals surface area contributed by atoms with Gasteiger partial charge < -0.3 is 10.1 Å². The molecule has 0 atom stereocenters. The van der Waals surface area contributed by atoms with Gasteiger partial charge in [-0.05, 0) is 24.3 Å². The first kappa shape index (κ1) is 18.4. The number of hydrogen-bond acceptors (Lipinski definition) is 4. The van der Waals surface area contributed by atoms with E-state index in [0.717, 1.165) is 17.0 Å². The summed E-state index contributed by atoms with van der Waals surface area (Å²) in [5.74, 6) is -0.0509. The van der Waals surface area contributed by atoms with Crippen LogP contribution in [0.15, 0.2) is 67.1 Å². The molecule has 0 fully saturated rings. The highest BCUT2D eigenvalue weighted by atomic mass is 19.1. The molecule has 1 amide bonds. The molecule has 4 aromatic rings. The van der Waals surface area contributed by atoms with Crippen molar-refractivity contribution in [2.45, 2.75) is 6.54 Å². The van der Waals surface area contributed by atoms with Crippen LogP contribution in [-0.4, -0.2) is 33.0 Å². The van der Waals surface area contributed by atoms with Crippen LogP contribution in [0.2, 0.25) is 0 Å². The Morgan fingerprint density at radius 3 is 2.90 bits per heavy atom. The zero-order chi connectivity index (χ0) is 20.2. The average Bonchev–Trinajstić information content (AvgIpc) is 3.42. The summed E-state index contributed by atoms with van der Waals surface area (Å²) in [6.07, 6.45) is 4.88. The monoisotopic (exact) mass is 391 g/mol. The molecule has 146 valence electrons. The van der Waals surface area contributed by atoms with Gasteiger partial charge in [0.05, 0.1) is 36.4 Å². The molecule has 0 aliphatic carbocycles. The second-order valence-electron chi connectivity index (χ2n) is 6.32. The number of amides is 1. The molecular formula is C21H18FN5O2. The molecule has 2 aromatic carbocycles. The van der Waals surface area contributed by atoms with Crippen LogP contribution in [-0.2, 0) is 6.54 Å². The summed E-state index contributed by atoms with van der Waals surface area (Å²) < 4.78 is 21.0. The van der Waals surface area contributed by atoms with Crippen LogP contribution >= 0.6 is 0 Å². The molecule has 0 saturated heterocycles. The lowest BCUT2D eigenvalue weighted by Gasteiger charge is -2.06. The number of methoxy groups -OCH3 is 1. The first-order valence-electron chi connectivity index (χ1n) is 8.90. The van der Waals surface area contributed by atoms with Crippen LogP contribution in [0.25, 0.3) is 16.9 Å². The first-order valence-corrected chi connectivity index (χ1v) is 8.90. The molecule has 8 heteroatoms. The van der Waals surface area contributed by atoms with Crippen LogP contribution in [0.1, 0.15) is 15.9 Å². The highest BCUT2D eigenvalue weighted by Crippen LogP contribution is 2.24. The largest absolute Gasteiger partial charge is 0.497 e. The minimum atomic E-state index is -0.426. The van der Waals surface area contributed by atoms with E-state index in [9.17, 15) is 9.18 Å². The third kappa shape index (κ3) is 3.86. The number of hydrogen-bond donors (Lipinski definition) is 2. The molecule has 0 unspecified atom stereocenters. The molecule has 0 radical (unpaired) electrons. The highest BCUT2D eigenvalue weighted by molar-refractivity contribution is 5.99. The maximum absolute atomic E-state index is 14.1. The number of carbonyl (C=O) groups excluding carboxylic acids is 1. The minimum absolute atomic E-state index is 0.269. The van der Waals surface area contributed by atoms with Crippen LogP contribution in [0.3, 0.4) is 0 Å². The lowest BCUT2D eigenvalue weighted by atomic mass is 10.1. The maximum atomic E-state index is 14.1. The molecule has 29 heavy (non-hydrogen) atoms. The van der Waals surface area contributed by atoms with E-state index in [1.165, 1.54) is 12.3 Å². The molecule has 0 bridgehead atoms. The van der Waals surface area contributed by atoms with Crippen molar-refractivity contribution in [2.75, 3.05) is 7.11 Å². The highest BCUT2D eigenvalue weighted by Gasteiger charge is 2.17. The van der Waals surface area contributed by atoms with Gasteiger partial charge in [-0.2, -0.15) is 10.2 Å². The summed E-state index contributed by atoms with van der Waals surface area (Å²) in [6.45, 7) is 0.269. The Morgan fingerprint density at radius 2 is 2.07 bits per heavy atom. The summed E-state index contributed by atoms with van der Waals surface area (Å²) in [5.41, 5.74) is 2.57. The quantitative estimate of drug-likeness (QED) is 0.528. The standard InChI is InChI=1S/C21H18FN5O2/c1-29-16-6-4-5-15(9-16)27-13-14(11-25-27)10-23-21(28)18-12-24-26-20(18)17-7-2-3-8-19(17)22/h2-9,11-13H,10H2,1H3,(H,23,28)(H,24,26). The fourth-order valence-corrected chi connectivity index (χ4v) is 2.95. The van der Waals surface area contributed by atoms with Gasteiger partial charge in [0.25, 0.3) is 5.91 Å². The van der Waals surface area contributed by atoms with Gasteiger partial charge in [0.15, 0.2) is 0 Å². The number of halogens is 1. The van der Waals surface area contributed by atoms with Crippen molar-refractivity contribution in [3.63, 3.8) is 0 Å². The van der Waals surface area contributed by atoms with E-state index in [2.05, 4.69) is 20.6 Å². The molecule has 2 N–H and O–H groups in total. The maximum Gasteiger partial charge on any atom is 0.255 e. The summed E-state index contributed by atoms with van der Waals surface area (Å²) in [4.78, 5) is 12.6. The van der Waals surface area contributed by atoms with E-state index >= 15 is 0 Å². The number of H-pyrrole nitrogens is 1. The smallest absolute Gasteiger partial charge is 0.255 e. The van der Waals surface area contributed by atoms with Gasteiger partial charge in [-0.1, -0.05) is 18.2 Å². The van der Waals surface area contributed by atoms with Crippen LogP contribution in [0, 0.1) is 5.82 Å². The van der Waals surface area contributed by atoms with Gasteiger partial charge in [-0.25, -0.2) is 9.07 Å². The van der Waals surface area contributed by atoms with Crippen LogP contribution in [0.5, 0.6) is 5.75 Å².